The molecule has 0 aromatic rings. The van der Waals surface area contributed by atoms with Crippen molar-refractivity contribution in [2.24, 2.45) is 23.3 Å². The average Bonchev–Trinajstić information content (AvgIpc) is 2.94. The maximum Gasteiger partial charge on any atom is 0.306 e. The van der Waals surface area contributed by atoms with E-state index in [1.807, 2.05) is 6.92 Å². The highest BCUT2D eigenvalue weighted by molar-refractivity contribution is 5.87. The number of nitrogens with one attached hydrogen (secondary N) is 3. The van der Waals surface area contributed by atoms with Crippen molar-refractivity contribution >= 4 is 17.8 Å². The summed E-state index contributed by atoms with van der Waals surface area (Å²) >= 11 is 0. The van der Waals surface area contributed by atoms with Gasteiger partial charge < -0.3 is 31.9 Å². The number of carboxylic acid groups (broad SMARTS) is 1. The lowest BCUT2D eigenvalue weighted by Gasteiger charge is -2.31. The number of hydrogen-bond acceptors (Lipinski definition) is 7. The number of hydrogen-bond donors (Lipinski definition) is 6. The standard InChI is InChI=1S/C16H31N5O5/c1-4-10(7-26-3)20-14(23)13(19-8(2)22)11-5-9(15(24)25)6-12(11)21-16(17)18/h9-13,16,21H,4-7,17-18H2,1-3H3,(H,19,22)(H,20,23)(H,24,25). The van der Waals surface area contributed by atoms with Gasteiger partial charge in [-0.2, -0.15) is 0 Å². The van der Waals surface area contributed by atoms with Gasteiger partial charge in [0.15, 0.2) is 0 Å². The Kier molecular flexibility index (Phi) is 8.93. The third-order valence-corrected chi connectivity index (χ3v) is 4.64. The van der Waals surface area contributed by atoms with Crippen LogP contribution in [0.15, 0.2) is 0 Å². The summed E-state index contributed by atoms with van der Waals surface area (Å²) in [5, 5.41) is 17.8. The minimum absolute atomic E-state index is 0.205. The van der Waals surface area contributed by atoms with E-state index in [0.717, 1.165) is 0 Å². The number of rotatable bonds is 10. The number of carbonyl (C=O) groups excluding carboxylic acids is 2. The largest absolute Gasteiger partial charge is 0.481 e. The van der Waals surface area contributed by atoms with Gasteiger partial charge in [0.2, 0.25) is 11.8 Å². The van der Waals surface area contributed by atoms with Crippen LogP contribution >= 0.6 is 0 Å². The van der Waals surface area contributed by atoms with E-state index in [-0.39, 0.29) is 30.7 Å². The van der Waals surface area contributed by atoms with Crippen molar-refractivity contribution in [2.45, 2.75) is 57.5 Å². The fourth-order valence-corrected chi connectivity index (χ4v) is 3.42. The highest BCUT2D eigenvalue weighted by Gasteiger charge is 2.45. The van der Waals surface area contributed by atoms with E-state index in [2.05, 4.69) is 16.0 Å². The van der Waals surface area contributed by atoms with Crippen LogP contribution in [0.25, 0.3) is 0 Å². The van der Waals surface area contributed by atoms with Crippen LogP contribution in [-0.4, -0.2) is 61.0 Å². The van der Waals surface area contributed by atoms with E-state index in [1.165, 1.54) is 14.0 Å². The Hall–Kier alpha value is -1.75. The van der Waals surface area contributed by atoms with Crippen LogP contribution < -0.4 is 27.4 Å². The summed E-state index contributed by atoms with van der Waals surface area (Å²) in [6, 6.07) is -1.50. The van der Waals surface area contributed by atoms with Crippen LogP contribution in [0, 0.1) is 11.8 Å². The van der Waals surface area contributed by atoms with Gasteiger partial charge in [-0.15, -0.1) is 0 Å². The van der Waals surface area contributed by atoms with Gasteiger partial charge in [0.05, 0.1) is 18.6 Å². The summed E-state index contributed by atoms with van der Waals surface area (Å²) in [6.45, 7) is 3.56. The number of aliphatic carboxylic acids is 1. The maximum absolute atomic E-state index is 12.8. The normalized spacial score (nSPS) is 24.9. The third kappa shape index (κ3) is 6.52. The van der Waals surface area contributed by atoms with Gasteiger partial charge in [0, 0.05) is 26.0 Å². The summed E-state index contributed by atoms with van der Waals surface area (Å²) in [7, 11) is 1.54. The molecule has 8 N–H and O–H groups in total. The first-order chi connectivity index (χ1) is 12.2. The number of ether oxygens (including phenoxy) is 1. The van der Waals surface area contributed by atoms with Crippen molar-refractivity contribution in [1.29, 1.82) is 0 Å². The van der Waals surface area contributed by atoms with Crippen molar-refractivity contribution in [3.8, 4) is 0 Å². The Bertz CT molecular complexity index is 501. The van der Waals surface area contributed by atoms with Crippen molar-refractivity contribution in [3.63, 3.8) is 0 Å². The molecule has 0 saturated heterocycles. The quantitative estimate of drug-likeness (QED) is 0.246. The molecule has 10 heteroatoms. The van der Waals surface area contributed by atoms with Crippen LogP contribution in [0.3, 0.4) is 0 Å². The van der Waals surface area contributed by atoms with Crippen LogP contribution in [-0.2, 0) is 19.1 Å². The van der Waals surface area contributed by atoms with Crippen molar-refractivity contribution in [2.75, 3.05) is 13.7 Å². The molecular weight excluding hydrogens is 342 g/mol. The predicted molar refractivity (Wildman–Crippen MR) is 94.6 cm³/mol. The zero-order valence-corrected chi connectivity index (χ0v) is 15.5. The topological polar surface area (TPSA) is 169 Å². The molecule has 5 atom stereocenters. The van der Waals surface area contributed by atoms with Crippen LogP contribution in [0.5, 0.6) is 0 Å². The third-order valence-electron chi connectivity index (χ3n) is 4.64. The molecule has 1 aliphatic carbocycles. The summed E-state index contributed by atoms with van der Waals surface area (Å²) in [5.41, 5.74) is 11.2. The first-order valence-electron chi connectivity index (χ1n) is 8.75. The van der Waals surface area contributed by atoms with Gasteiger partial charge >= 0.3 is 5.97 Å². The van der Waals surface area contributed by atoms with Crippen LogP contribution in [0.2, 0.25) is 0 Å². The Labute approximate surface area is 153 Å². The number of carbonyl (C=O) groups is 3. The fourth-order valence-electron chi connectivity index (χ4n) is 3.42. The summed E-state index contributed by atoms with van der Waals surface area (Å²) < 4.78 is 5.08. The molecule has 0 aliphatic heterocycles. The first kappa shape index (κ1) is 22.3. The number of methoxy groups -OCH3 is 1. The predicted octanol–water partition coefficient (Wildman–Crippen LogP) is -1.70. The van der Waals surface area contributed by atoms with E-state index >= 15 is 0 Å². The molecule has 10 nitrogen and oxygen atoms in total. The minimum atomic E-state index is -0.947. The molecule has 1 rings (SSSR count). The summed E-state index contributed by atoms with van der Waals surface area (Å²) in [5.74, 6) is -2.79. The average molecular weight is 373 g/mol. The van der Waals surface area contributed by atoms with E-state index in [4.69, 9.17) is 16.2 Å². The molecule has 1 aliphatic rings. The van der Waals surface area contributed by atoms with Gasteiger partial charge in [-0.3, -0.25) is 19.7 Å². The van der Waals surface area contributed by atoms with E-state index in [1.54, 1.807) is 0 Å². The zero-order valence-electron chi connectivity index (χ0n) is 15.5. The molecule has 0 aromatic carbocycles. The SMILES string of the molecule is CCC(COC)NC(=O)C(NC(C)=O)C1CC(C(=O)O)CC1NC(N)N. The van der Waals surface area contributed by atoms with E-state index in [0.29, 0.717) is 13.0 Å². The minimum Gasteiger partial charge on any atom is -0.481 e. The number of amides is 2. The Balaban J connectivity index is 3.01. The molecule has 26 heavy (non-hydrogen) atoms. The molecule has 0 aromatic heterocycles. The highest BCUT2D eigenvalue weighted by atomic mass is 16.5. The molecule has 5 unspecified atom stereocenters. The van der Waals surface area contributed by atoms with Gasteiger partial charge in [0.25, 0.3) is 0 Å². The van der Waals surface area contributed by atoms with E-state index < -0.39 is 36.2 Å². The summed E-state index contributed by atoms with van der Waals surface area (Å²) in [6.07, 6.45) is 0.320. The Morgan fingerprint density at radius 2 is 1.88 bits per heavy atom. The van der Waals surface area contributed by atoms with Crippen LogP contribution in [0.1, 0.15) is 33.1 Å². The molecule has 0 bridgehead atoms. The highest BCUT2D eigenvalue weighted by Crippen LogP contribution is 2.34. The molecule has 1 saturated carbocycles. The molecule has 1 fully saturated rings. The molecule has 2 amide bonds. The summed E-state index contributed by atoms with van der Waals surface area (Å²) in [4.78, 5) is 35.8. The second-order valence-corrected chi connectivity index (χ2v) is 6.72. The lowest BCUT2D eigenvalue weighted by Crippen LogP contribution is -2.59. The Morgan fingerprint density at radius 3 is 2.35 bits per heavy atom. The van der Waals surface area contributed by atoms with E-state index in [9.17, 15) is 19.5 Å². The van der Waals surface area contributed by atoms with Crippen molar-refractivity contribution < 1.29 is 24.2 Å². The van der Waals surface area contributed by atoms with Crippen LogP contribution in [0.4, 0.5) is 0 Å². The second kappa shape index (κ2) is 10.4. The van der Waals surface area contributed by atoms with Gasteiger partial charge in [0.1, 0.15) is 12.3 Å². The molecule has 0 spiro atoms. The molecule has 0 heterocycles. The van der Waals surface area contributed by atoms with Gasteiger partial charge in [-0.05, 0) is 19.3 Å². The number of nitrogens with two attached hydrogens (primary N) is 2. The molecule has 150 valence electrons. The smallest absolute Gasteiger partial charge is 0.306 e. The van der Waals surface area contributed by atoms with Crippen molar-refractivity contribution in [3.05, 3.63) is 0 Å². The molecule has 0 radical (unpaired) electrons. The molecular formula is C16H31N5O5. The monoisotopic (exact) mass is 373 g/mol. The first-order valence-corrected chi connectivity index (χ1v) is 8.75. The second-order valence-electron chi connectivity index (χ2n) is 6.72. The van der Waals surface area contributed by atoms with Gasteiger partial charge in [-0.25, -0.2) is 0 Å². The zero-order chi connectivity index (χ0) is 19.9. The fraction of sp³-hybridized carbons (Fsp3) is 0.812. The number of carboxylic acids is 1. The maximum atomic E-state index is 12.8. The lowest BCUT2D eigenvalue weighted by atomic mass is 9.92. The Morgan fingerprint density at radius 1 is 1.23 bits per heavy atom. The lowest BCUT2D eigenvalue weighted by molar-refractivity contribution is -0.141. The van der Waals surface area contributed by atoms with Crippen molar-refractivity contribution in [1.82, 2.24) is 16.0 Å². The van der Waals surface area contributed by atoms with Gasteiger partial charge in [-0.1, -0.05) is 6.92 Å².